The Morgan fingerprint density at radius 2 is 1.62 bits per heavy atom. The summed E-state index contributed by atoms with van der Waals surface area (Å²) in [6, 6.07) is 16.4. The van der Waals surface area contributed by atoms with E-state index in [4.69, 9.17) is 0 Å². The predicted molar refractivity (Wildman–Crippen MR) is 69.2 cm³/mol. The first kappa shape index (κ1) is 15.7. The minimum atomic E-state index is 0. The summed E-state index contributed by atoms with van der Waals surface area (Å²) in [5.41, 5.74) is 1.39. The zero-order valence-corrected chi connectivity index (χ0v) is 12.2. The molecule has 2 rings (SSSR count). The Hall–Kier alpha value is -0.341. The van der Waals surface area contributed by atoms with Gasteiger partial charge in [-0.25, -0.2) is 12.1 Å². The van der Waals surface area contributed by atoms with E-state index in [2.05, 4.69) is 59.2 Å². The fourth-order valence-electron chi connectivity index (χ4n) is 1.23. The molecule has 2 aromatic carbocycles. The third kappa shape index (κ3) is 7.02. The van der Waals surface area contributed by atoms with E-state index in [-0.39, 0.29) is 17.1 Å². The monoisotopic (exact) mass is 321 g/mol. The van der Waals surface area contributed by atoms with E-state index in [1.165, 1.54) is 5.56 Å². The number of rotatable bonds is 2. The normalized spacial score (nSPS) is 9.25. The van der Waals surface area contributed by atoms with Crippen LogP contribution in [0.5, 0.6) is 0 Å². The number of nitrogens with zero attached hydrogens (tertiary/aromatic N) is 1. The van der Waals surface area contributed by atoms with Crippen LogP contribution in [0, 0.1) is 0 Å². The Kier molecular flexibility index (Phi) is 8.58. The molecule has 0 bridgehead atoms. The number of hydrogen-bond donors (Lipinski definition) is 0. The van der Waals surface area contributed by atoms with Gasteiger partial charge in [-0.05, 0) is 20.6 Å². The Bertz CT molecular complexity index is 338. The fraction of sp³-hybridized carbons (Fsp3) is 0.231. The van der Waals surface area contributed by atoms with Crippen molar-refractivity contribution in [2.45, 2.75) is 6.54 Å². The molecule has 16 heavy (non-hydrogen) atoms. The maximum atomic E-state index is 3.28. The summed E-state index contributed by atoms with van der Waals surface area (Å²) in [4.78, 5) is 2.16. The molecule has 0 amide bonds. The van der Waals surface area contributed by atoms with Gasteiger partial charge in [-0.3, -0.25) is 0 Å². The van der Waals surface area contributed by atoms with E-state index in [0.717, 1.165) is 11.0 Å². The molecule has 0 aromatic heterocycles. The molecule has 0 spiro atoms. The van der Waals surface area contributed by atoms with Gasteiger partial charge in [-0.1, -0.05) is 0 Å². The predicted octanol–water partition coefficient (Wildman–Crippen LogP) is 3.63. The van der Waals surface area contributed by atoms with Crippen molar-refractivity contribution in [2.24, 2.45) is 0 Å². The van der Waals surface area contributed by atoms with Crippen LogP contribution in [0.2, 0.25) is 0 Å². The molecule has 0 saturated carbocycles. The van der Waals surface area contributed by atoms with Crippen LogP contribution < -0.4 is 0 Å². The fourth-order valence-corrected chi connectivity index (χ4v) is 1.54. The van der Waals surface area contributed by atoms with E-state index in [1.807, 2.05) is 24.3 Å². The summed E-state index contributed by atoms with van der Waals surface area (Å²) in [5.74, 6) is 0. The maximum Gasteiger partial charge on any atom is 0 e. The third-order valence-corrected chi connectivity index (χ3v) is 2.38. The number of halogens is 1. The van der Waals surface area contributed by atoms with Crippen LogP contribution in [0.25, 0.3) is 0 Å². The molecule has 0 aliphatic carbocycles. The van der Waals surface area contributed by atoms with E-state index in [9.17, 15) is 0 Å². The van der Waals surface area contributed by atoms with Gasteiger partial charge in [-0.2, -0.15) is 12.1 Å². The molecular weight excluding hydrogens is 306 g/mol. The SMILES string of the molecule is Br[c-]1[cH-][cH-][cH-][cH-]1.CN(C)C[c-]1cccc1.[Fe]. The van der Waals surface area contributed by atoms with E-state index in [0.29, 0.717) is 0 Å². The summed E-state index contributed by atoms with van der Waals surface area (Å²) in [6.07, 6.45) is 0. The first-order chi connectivity index (χ1) is 7.18. The van der Waals surface area contributed by atoms with Crippen LogP contribution in [0.15, 0.2) is 53.0 Å². The molecule has 3 heteroatoms. The van der Waals surface area contributed by atoms with Crippen molar-refractivity contribution in [3.63, 3.8) is 0 Å². The van der Waals surface area contributed by atoms with Crippen LogP contribution in [0.1, 0.15) is 5.56 Å². The van der Waals surface area contributed by atoms with Crippen molar-refractivity contribution in [3.05, 3.63) is 58.6 Å². The average Bonchev–Trinajstić information content (AvgIpc) is 2.78. The Labute approximate surface area is 117 Å². The smallest absolute Gasteiger partial charge is 0 e. The van der Waals surface area contributed by atoms with E-state index < -0.39 is 0 Å². The van der Waals surface area contributed by atoms with Gasteiger partial charge in [0.15, 0.2) is 0 Å². The molecule has 2 aromatic rings. The van der Waals surface area contributed by atoms with Gasteiger partial charge in [0.1, 0.15) is 0 Å². The van der Waals surface area contributed by atoms with Gasteiger partial charge in [-0.15, -0.1) is 5.56 Å². The summed E-state index contributed by atoms with van der Waals surface area (Å²) in [7, 11) is 4.15. The zero-order valence-electron chi connectivity index (χ0n) is 9.50. The van der Waals surface area contributed by atoms with Crippen molar-refractivity contribution in [2.75, 3.05) is 14.1 Å². The Balaban J connectivity index is 0.000000283. The Morgan fingerprint density at radius 3 is 1.94 bits per heavy atom. The molecule has 0 radical (unpaired) electrons. The molecule has 1 nitrogen and oxygen atoms in total. The van der Waals surface area contributed by atoms with Crippen LogP contribution in [0.3, 0.4) is 0 Å². The van der Waals surface area contributed by atoms with Crippen molar-refractivity contribution < 1.29 is 17.1 Å². The summed E-state index contributed by atoms with van der Waals surface area (Å²) < 4.78 is 1.16. The average molecular weight is 322 g/mol. The largest absolute Gasteiger partial charge is 0.747 e. The molecule has 0 saturated heterocycles. The van der Waals surface area contributed by atoms with Crippen LogP contribution in [-0.2, 0) is 23.6 Å². The quantitative estimate of drug-likeness (QED) is 0.603. The van der Waals surface area contributed by atoms with Gasteiger partial charge in [0.2, 0.25) is 0 Å². The van der Waals surface area contributed by atoms with Crippen molar-refractivity contribution in [1.29, 1.82) is 0 Å². The maximum absolute atomic E-state index is 3.28. The second kappa shape index (κ2) is 8.77. The van der Waals surface area contributed by atoms with Crippen LogP contribution >= 0.6 is 15.9 Å². The molecule has 0 unspecified atom stereocenters. The molecule has 0 heterocycles. The second-order valence-electron chi connectivity index (χ2n) is 3.63. The first-order valence-corrected chi connectivity index (χ1v) is 5.70. The third-order valence-electron chi connectivity index (χ3n) is 1.85. The molecule has 0 aliphatic rings. The van der Waals surface area contributed by atoms with Gasteiger partial charge < -0.3 is 49.6 Å². The van der Waals surface area contributed by atoms with Gasteiger partial charge in [0.25, 0.3) is 0 Å². The van der Waals surface area contributed by atoms with Gasteiger partial charge >= 0.3 is 0 Å². The number of hydrogen-bond acceptors (Lipinski definition) is 1. The van der Waals surface area contributed by atoms with Gasteiger partial charge in [0, 0.05) is 17.1 Å². The molecule has 0 aliphatic heterocycles. The Morgan fingerprint density at radius 1 is 1.12 bits per heavy atom. The summed E-state index contributed by atoms with van der Waals surface area (Å²) in [6.45, 7) is 1.05. The molecule has 94 valence electrons. The summed E-state index contributed by atoms with van der Waals surface area (Å²) >= 11 is 3.28. The van der Waals surface area contributed by atoms with Crippen molar-refractivity contribution in [3.8, 4) is 0 Å². The molecule has 0 N–H and O–H groups in total. The molecule has 0 fully saturated rings. The standard InChI is InChI=1S/C8H12N.C5H4Br.Fe/c1-9(2)7-8-5-3-4-6-8;6-5-3-1-2-4-5;/h3-6H,7H2,1-2H3;1-4H;/q-1;-5;. The zero-order chi connectivity index (χ0) is 11.1. The van der Waals surface area contributed by atoms with Crippen LogP contribution in [-0.4, -0.2) is 19.0 Å². The minimum Gasteiger partial charge on any atom is -0.747 e. The summed E-state index contributed by atoms with van der Waals surface area (Å²) in [5, 5.41) is 0. The van der Waals surface area contributed by atoms with E-state index >= 15 is 0 Å². The molecule has 0 atom stereocenters. The second-order valence-corrected chi connectivity index (χ2v) is 4.55. The van der Waals surface area contributed by atoms with Crippen LogP contribution in [0.4, 0.5) is 0 Å². The molecular formula is C13H16BrFeN-6. The minimum absolute atomic E-state index is 0. The van der Waals surface area contributed by atoms with Gasteiger partial charge in [0.05, 0.1) is 0 Å². The van der Waals surface area contributed by atoms with E-state index in [1.54, 1.807) is 0 Å². The first-order valence-electron chi connectivity index (χ1n) is 4.91. The van der Waals surface area contributed by atoms with Crippen molar-refractivity contribution >= 4 is 15.9 Å². The van der Waals surface area contributed by atoms with Crippen molar-refractivity contribution in [1.82, 2.24) is 4.90 Å². The topological polar surface area (TPSA) is 3.24 Å².